The van der Waals surface area contributed by atoms with Crippen LogP contribution in [0.2, 0.25) is 0 Å². The zero-order valence-corrected chi connectivity index (χ0v) is 5.98. The number of carbonyl (C=O) groups excluding carboxylic acids is 1. The molecule has 1 aliphatic heterocycles. The predicted octanol–water partition coefficient (Wildman–Crippen LogP) is 0.573. The third-order valence-electron chi connectivity index (χ3n) is 1.81. The minimum Gasteiger partial charge on any atom is -0.307 e. The maximum absolute atomic E-state index is 10.7. The lowest BCUT2D eigenvalue weighted by molar-refractivity contribution is -0.116. The highest BCUT2D eigenvalue weighted by Gasteiger charge is 2.23. The van der Waals surface area contributed by atoms with Gasteiger partial charge in [0.15, 0.2) is 0 Å². The Morgan fingerprint density at radius 3 is 2.56 bits per heavy atom. The van der Waals surface area contributed by atoms with E-state index in [4.69, 9.17) is 0 Å². The number of hydrogen-bond acceptors (Lipinski definition) is 2. The third kappa shape index (κ3) is 1.52. The summed E-state index contributed by atoms with van der Waals surface area (Å²) in [7, 11) is 0. The Kier molecular flexibility index (Phi) is 1.86. The molecule has 1 aliphatic rings. The second kappa shape index (κ2) is 2.48. The molecule has 0 radical (unpaired) electrons. The van der Waals surface area contributed by atoms with Crippen LogP contribution in [0.4, 0.5) is 0 Å². The van der Waals surface area contributed by atoms with E-state index in [-0.39, 0.29) is 0 Å². The van der Waals surface area contributed by atoms with Crippen LogP contribution in [-0.2, 0) is 4.79 Å². The van der Waals surface area contributed by atoms with Crippen molar-refractivity contribution in [1.82, 2.24) is 5.32 Å². The summed E-state index contributed by atoms with van der Waals surface area (Å²) >= 11 is 0. The second-order valence-corrected chi connectivity index (χ2v) is 2.97. The Labute approximate surface area is 55.6 Å². The Bertz CT molecular complexity index is 120. The minimum absolute atomic E-state index is 0.355. The fourth-order valence-electron chi connectivity index (χ4n) is 1.11. The number of rotatable bonds is 1. The fraction of sp³-hybridized carbons (Fsp3) is 0.857. The molecule has 1 heterocycles. The molecule has 52 valence electrons. The largest absolute Gasteiger partial charge is 0.307 e. The van der Waals surface area contributed by atoms with Crippen molar-refractivity contribution in [2.45, 2.75) is 26.3 Å². The molecule has 1 atom stereocenters. The van der Waals surface area contributed by atoms with Crippen molar-refractivity contribution in [3.05, 3.63) is 0 Å². The Morgan fingerprint density at radius 2 is 2.33 bits per heavy atom. The summed E-state index contributed by atoms with van der Waals surface area (Å²) in [5.74, 6) is 0.949. The zero-order valence-electron chi connectivity index (χ0n) is 5.98. The normalized spacial score (nSPS) is 27.9. The first-order valence-corrected chi connectivity index (χ1v) is 3.45. The van der Waals surface area contributed by atoms with Gasteiger partial charge in [0.2, 0.25) is 0 Å². The molecule has 0 aromatic heterocycles. The van der Waals surface area contributed by atoms with Gasteiger partial charge in [0, 0.05) is 12.5 Å². The van der Waals surface area contributed by atoms with Gasteiger partial charge in [-0.2, -0.15) is 0 Å². The molecule has 9 heavy (non-hydrogen) atoms. The summed E-state index contributed by atoms with van der Waals surface area (Å²) in [4.78, 5) is 10.7. The molecule has 1 saturated heterocycles. The molecule has 1 N–H and O–H groups in total. The van der Waals surface area contributed by atoms with Gasteiger partial charge in [-0.05, 0) is 5.92 Å². The molecule has 0 amide bonds. The molecule has 1 fully saturated rings. The molecular formula is C7H13NO. The van der Waals surface area contributed by atoms with Gasteiger partial charge in [0.25, 0.3) is 0 Å². The maximum atomic E-state index is 10.7. The van der Waals surface area contributed by atoms with Crippen molar-refractivity contribution < 1.29 is 4.79 Å². The molecule has 2 heteroatoms. The predicted molar refractivity (Wildman–Crippen MR) is 36.3 cm³/mol. The number of hydrogen-bond donors (Lipinski definition) is 1. The average Bonchev–Trinajstić information content (AvgIpc) is 2.14. The third-order valence-corrected chi connectivity index (χ3v) is 1.81. The minimum atomic E-state index is 0.355. The molecular weight excluding hydrogens is 114 g/mol. The van der Waals surface area contributed by atoms with Crippen molar-refractivity contribution in [3.8, 4) is 0 Å². The van der Waals surface area contributed by atoms with E-state index < -0.39 is 0 Å². The maximum Gasteiger partial charge on any atom is 0.148 e. The van der Waals surface area contributed by atoms with Crippen molar-refractivity contribution in [1.29, 1.82) is 0 Å². The number of ketones is 1. The van der Waals surface area contributed by atoms with Crippen LogP contribution in [0, 0.1) is 5.92 Å². The monoisotopic (exact) mass is 127 g/mol. The van der Waals surface area contributed by atoms with Gasteiger partial charge < -0.3 is 5.32 Å². The van der Waals surface area contributed by atoms with Crippen molar-refractivity contribution in [2.75, 3.05) is 6.54 Å². The van der Waals surface area contributed by atoms with Crippen LogP contribution in [-0.4, -0.2) is 18.4 Å². The highest BCUT2D eigenvalue weighted by Crippen LogP contribution is 2.10. The Hall–Kier alpha value is -0.370. The van der Waals surface area contributed by atoms with Gasteiger partial charge in [0.05, 0.1) is 6.54 Å². The van der Waals surface area contributed by atoms with E-state index in [1.165, 1.54) is 0 Å². The van der Waals surface area contributed by atoms with E-state index in [9.17, 15) is 4.79 Å². The Morgan fingerprint density at radius 1 is 1.67 bits per heavy atom. The van der Waals surface area contributed by atoms with Crippen LogP contribution in [0.5, 0.6) is 0 Å². The Balaban J connectivity index is 2.39. The summed E-state index contributed by atoms with van der Waals surface area (Å²) in [6.07, 6.45) is 0.734. The molecule has 1 rings (SSSR count). The topological polar surface area (TPSA) is 29.1 Å². The quantitative estimate of drug-likeness (QED) is 0.558. The molecule has 0 unspecified atom stereocenters. The van der Waals surface area contributed by atoms with Gasteiger partial charge in [0.1, 0.15) is 5.78 Å². The molecule has 0 saturated carbocycles. The van der Waals surface area contributed by atoms with Crippen LogP contribution >= 0.6 is 0 Å². The van der Waals surface area contributed by atoms with Crippen LogP contribution < -0.4 is 5.32 Å². The smallest absolute Gasteiger partial charge is 0.148 e. The van der Waals surface area contributed by atoms with Gasteiger partial charge in [-0.25, -0.2) is 0 Å². The molecule has 0 spiro atoms. The average molecular weight is 127 g/mol. The van der Waals surface area contributed by atoms with Crippen molar-refractivity contribution in [2.24, 2.45) is 5.92 Å². The van der Waals surface area contributed by atoms with Crippen LogP contribution in [0.1, 0.15) is 20.3 Å². The summed E-state index contributed by atoms with van der Waals surface area (Å²) in [6.45, 7) is 4.86. The molecule has 0 aromatic carbocycles. The molecule has 0 aliphatic carbocycles. The van der Waals surface area contributed by atoms with Gasteiger partial charge in [-0.1, -0.05) is 13.8 Å². The lowest BCUT2D eigenvalue weighted by Crippen LogP contribution is -2.26. The van der Waals surface area contributed by atoms with E-state index in [0.717, 1.165) is 6.42 Å². The van der Waals surface area contributed by atoms with Crippen LogP contribution in [0.15, 0.2) is 0 Å². The van der Waals surface area contributed by atoms with E-state index in [1.54, 1.807) is 0 Å². The first-order chi connectivity index (χ1) is 4.20. The number of Topliss-reactive ketones (excluding diaryl/α,β-unsaturated/α-hetero) is 1. The van der Waals surface area contributed by atoms with Crippen LogP contribution in [0.3, 0.4) is 0 Å². The second-order valence-electron chi connectivity index (χ2n) is 2.97. The number of carbonyl (C=O) groups is 1. The summed E-state index contributed by atoms with van der Waals surface area (Å²) in [6, 6.07) is 0.442. The van der Waals surface area contributed by atoms with E-state index in [2.05, 4.69) is 19.2 Å². The van der Waals surface area contributed by atoms with Gasteiger partial charge in [-0.3, -0.25) is 4.79 Å². The number of nitrogens with one attached hydrogen (secondary N) is 1. The first kappa shape index (κ1) is 6.75. The molecule has 2 nitrogen and oxygen atoms in total. The van der Waals surface area contributed by atoms with Gasteiger partial charge in [-0.15, -0.1) is 0 Å². The summed E-state index contributed by atoms with van der Waals surface area (Å²) < 4.78 is 0. The first-order valence-electron chi connectivity index (χ1n) is 3.45. The highest BCUT2D eigenvalue weighted by molar-refractivity contribution is 5.83. The lowest BCUT2D eigenvalue weighted by atomic mass is 10.0. The molecule has 0 aromatic rings. The van der Waals surface area contributed by atoms with E-state index in [1.807, 2.05) is 0 Å². The van der Waals surface area contributed by atoms with E-state index in [0.29, 0.717) is 24.3 Å². The lowest BCUT2D eigenvalue weighted by Gasteiger charge is -2.11. The fourth-order valence-corrected chi connectivity index (χ4v) is 1.11. The highest BCUT2D eigenvalue weighted by atomic mass is 16.1. The zero-order chi connectivity index (χ0) is 6.85. The molecule has 0 bridgehead atoms. The van der Waals surface area contributed by atoms with E-state index >= 15 is 0 Å². The summed E-state index contributed by atoms with van der Waals surface area (Å²) in [5, 5.41) is 3.16. The van der Waals surface area contributed by atoms with Crippen LogP contribution in [0.25, 0.3) is 0 Å². The standard InChI is InChI=1S/C7H13NO/c1-5(2)7-3-6(9)4-8-7/h5,7-8H,3-4H2,1-2H3/t7-/m1/s1. The van der Waals surface area contributed by atoms with Crippen molar-refractivity contribution >= 4 is 5.78 Å². The van der Waals surface area contributed by atoms with Gasteiger partial charge >= 0.3 is 0 Å². The SMILES string of the molecule is CC(C)[C@H]1CC(=O)CN1. The summed E-state index contributed by atoms with van der Waals surface area (Å²) in [5.41, 5.74) is 0. The van der Waals surface area contributed by atoms with Crippen molar-refractivity contribution in [3.63, 3.8) is 0 Å².